The number of likely N-dealkylation sites (tertiary alicyclic amines) is 1. The number of hydrogen-bond donors (Lipinski definition) is 1. The molecule has 0 spiro atoms. The third-order valence-electron chi connectivity index (χ3n) is 2.81. The molecule has 0 radical (unpaired) electrons. The van der Waals surface area contributed by atoms with Crippen molar-refractivity contribution in [3.05, 3.63) is 23.8 Å². The molecule has 1 aliphatic rings. The van der Waals surface area contributed by atoms with E-state index in [1.807, 2.05) is 6.92 Å². The highest BCUT2D eigenvalue weighted by atomic mass is 16.6. The smallest absolute Gasteiger partial charge is 0.410 e. The Hall–Kier alpha value is -1.71. The summed E-state index contributed by atoms with van der Waals surface area (Å²) in [6, 6.07) is 5.25. The Morgan fingerprint density at radius 3 is 2.69 bits per heavy atom. The minimum atomic E-state index is -0.262. The molecule has 0 atom stereocenters. The topological polar surface area (TPSA) is 55.6 Å². The van der Waals surface area contributed by atoms with Crippen LogP contribution in [0.5, 0.6) is 5.75 Å². The van der Waals surface area contributed by atoms with E-state index in [9.17, 15) is 4.79 Å². The van der Waals surface area contributed by atoms with Crippen LogP contribution in [0.15, 0.2) is 18.2 Å². The number of anilines is 1. The van der Waals surface area contributed by atoms with E-state index in [1.165, 1.54) is 0 Å². The van der Waals surface area contributed by atoms with Crippen LogP contribution < -0.4 is 10.5 Å². The lowest BCUT2D eigenvalue weighted by Gasteiger charge is -2.15. The Morgan fingerprint density at radius 2 is 2.06 bits per heavy atom. The van der Waals surface area contributed by atoms with E-state index in [0.717, 1.165) is 31.5 Å². The highest BCUT2D eigenvalue weighted by molar-refractivity contribution is 5.71. The second-order valence-corrected chi connectivity index (χ2v) is 4.08. The molecular formula is C12H16N2O2. The van der Waals surface area contributed by atoms with Crippen LogP contribution in [0.3, 0.4) is 0 Å². The van der Waals surface area contributed by atoms with Gasteiger partial charge in [0.15, 0.2) is 0 Å². The molecule has 0 saturated carbocycles. The van der Waals surface area contributed by atoms with E-state index in [0.29, 0.717) is 11.4 Å². The summed E-state index contributed by atoms with van der Waals surface area (Å²) < 4.78 is 5.27. The number of nitrogens with two attached hydrogens (primary N) is 1. The number of benzene rings is 1. The highest BCUT2D eigenvalue weighted by Crippen LogP contribution is 2.20. The zero-order valence-electron chi connectivity index (χ0n) is 9.40. The van der Waals surface area contributed by atoms with E-state index >= 15 is 0 Å². The van der Waals surface area contributed by atoms with Crippen LogP contribution >= 0.6 is 0 Å². The highest BCUT2D eigenvalue weighted by Gasteiger charge is 2.19. The van der Waals surface area contributed by atoms with Gasteiger partial charge in [0, 0.05) is 18.8 Å². The van der Waals surface area contributed by atoms with Gasteiger partial charge in [-0.1, -0.05) is 0 Å². The third-order valence-corrected chi connectivity index (χ3v) is 2.81. The predicted molar refractivity (Wildman–Crippen MR) is 62.4 cm³/mol. The van der Waals surface area contributed by atoms with Crippen molar-refractivity contribution in [3.63, 3.8) is 0 Å². The Bertz CT molecular complexity index is 398. The molecule has 16 heavy (non-hydrogen) atoms. The summed E-state index contributed by atoms with van der Waals surface area (Å²) in [6.45, 7) is 3.49. The largest absolute Gasteiger partial charge is 0.415 e. The number of rotatable bonds is 1. The first-order valence-corrected chi connectivity index (χ1v) is 5.50. The fourth-order valence-corrected chi connectivity index (χ4v) is 1.78. The molecule has 1 saturated heterocycles. The minimum absolute atomic E-state index is 0.262. The lowest BCUT2D eigenvalue weighted by atomic mass is 10.2. The average Bonchev–Trinajstić information content (AvgIpc) is 2.77. The summed E-state index contributed by atoms with van der Waals surface area (Å²) in [4.78, 5) is 13.4. The molecule has 1 fully saturated rings. The van der Waals surface area contributed by atoms with Gasteiger partial charge >= 0.3 is 6.09 Å². The second kappa shape index (κ2) is 4.43. The van der Waals surface area contributed by atoms with Crippen LogP contribution in [0.1, 0.15) is 18.4 Å². The van der Waals surface area contributed by atoms with E-state index in [-0.39, 0.29) is 6.09 Å². The van der Waals surface area contributed by atoms with Crippen LogP contribution in [0.2, 0.25) is 0 Å². The first kappa shape index (κ1) is 10.8. The third kappa shape index (κ3) is 2.27. The van der Waals surface area contributed by atoms with E-state index < -0.39 is 0 Å². The van der Waals surface area contributed by atoms with Crippen LogP contribution in [0.4, 0.5) is 10.5 Å². The summed E-state index contributed by atoms with van der Waals surface area (Å²) in [5.41, 5.74) is 7.32. The number of carbonyl (C=O) groups is 1. The molecule has 2 N–H and O–H groups in total. The van der Waals surface area contributed by atoms with E-state index in [2.05, 4.69) is 0 Å². The van der Waals surface area contributed by atoms with Gasteiger partial charge in [0.2, 0.25) is 0 Å². The Morgan fingerprint density at radius 1 is 1.38 bits per heavy atom. The monoisotopic (exact) mass is 220 g/mol. The molecule has 1 aromatic carbocycles. The van der Waals surface area contributed by atoms with Gasteiger partial charge in [-0.3, -0.25) is 0 Å². The number of nitrogens with zero attached hydrogens (tertiary/aromatic N) is 1. The average molecular weight is 220 g/mol. The standard InChI is InChI=1S/C12H16N2O2/c1-9-8-10(4-5-11(9)13)16-12(15)14-6-2-3-7-14/h4-5,8H,2-3,6-7,13H2,1H3. The number of nitrogen functional groups attached to an aromatic ring is 1. The number of hydrogen-bond acceptors (Lipinski definition) is 3. The number of aryl methyl sites for hydroxylation is 1. The summed E-state index contributed by atoms with van der Waals surface area (Å²) in [6.07, 6.45) is 1.87. The fourth-order valence-electron chi connectivity index (χ4n) is 1.78. The van der Waals surface area contributed by atoms with Gasteiger partial charge in [0.25, 0.3) is 0 Å². The SMILES string of the molecule is Cc1cc(OC(=O)N2CCCC2)ccc1N. The fraction of sp³-hybridized carbons (Fsp3) is 0.417. The van der Waals surface area contributed by atoms with Crippen molar-refractivity contribution in [2.24, 2.45) is 0 Å². The number of ether oxygens (including phenoxy) is 1. The van der Waals surface area contributed by atoms with Crippen molar-refractivity contribution in [2.45, 2.75) is 19.8 Å². The molecule has 2 rings (SSSR count). The van der Waals surface area contributed by atoms with Gasteiger partial charge in [-0.05, 0) is 43.5 Å². The lowest BCUT2D eigenvalue weighted by Crippen LogP contribution is -2.30. The van der Waals surface area contributed by atoms with Gasteiger partial charge in [-0.25, -0.2) is 4.79 Å². The maximum Gasteiger partial charge on any atom is 0.415 e. The molecule has 1 amide bonds. The molecule has 1 aromatic rings. The molecule has 4 heteroatoms. The van der Waals surface area contributed by atoms with Gasteiger partial charge in [-0.15, -0.1) is 0 Å². The molecule has 0 bridgehead atoms. The molecule has 1 heterocycles. The molecule has 4 nitrogen and oxygen atoms in total. The van der Waals surface area contributed by atoms with Crippen molar-refractivity contribution >= 4 is 11.8 Å². The van der Waals surface area contributed by atoms with Gasteiger partial charge in [0.1, 0.15) is 5.75 Å². The zero-order chi connectivity index (χ0) is 11.5. The van der Waals surface area contributed by atoms with Gasteiger partial charge < -0.3 is 15.4 Å². The summed E-state index contributed by atoms with van der Waals surface area (Å²) >= 11 is 0. The van der Waals surface area contributed by atoms with Crippen molar-refractivity contribution in [1.82, 2.24) is 4.90 Å². The van der Waals surface area contributed by atoms with Crippen LogP contribution in [0, 0.1) is 6.92 Å². The quantitative estimate of drug-likeness (QED) is 0.738. The molecule has 0 aromatic heterocycles. The maximum atomic E-state index is 11.7. The Balaban J connectivity index is 2.02. The van der Waals surface area contributed by atoms with Crippen LogP contribution in [-0.4, -0.2) is 24.1 Å². The maximum absolute atomic E-state index is 11.7. The predicted octanol–water partition coefficient (Wildman–Crippen LogP) is 2.17. The van der Waals surface area contributed by atoms with Crippen LogP contribution in [-0.2, 0) is 0 Å². The number of carbonyl (C=O) groups excluding carboxylic acids is 1. The minimum Gasteiger partial charge on any atom is -0.410 e. The Kier molecular flexibility index (Phi) is 2.99. The van der Waals surface area contributed by atoms with Gasteiger partial charge in [-0.2, -0.15) is 0 Å². The molecule has 0 aliphatic carbocycles. The van der Waals surface area contributed by atoms with Crippen molar-refractivity contribution in [1.29, 1.82) is 0 Å². The molecule has 0 unspecified atom stereocenters. The summed E-state index contributed by atoms with van der Waals surface area (Å²) in [7, 11) is 0. The second-order valence-electron chi connectivity index (χ2n) is 4.08. The van der Waals surface area contributed by atoms with Crippen molar-refractivity contribution in [2.75, 3.05) is 18.8 Å². The number of amides is 1. The van der Waals surface area contributed by atoms with E-state index in [4.69, 9.17) is 10.5 Å². The van der Waals surface area contributed by atoms with Gasteiger partial charge in [0.05, 0.1) is 0 Å². The first-order chi connectivity index (χ1) is 7.66. The zero-order valence-corrected chi connectivity index (χ0v) is 9.40. The Labute approximate surface area is 95.0 Å². The van der Waals surface area contributed by atoms with E-state index in [1.54, 1.807) is 23.1 Å². The summed E-state index contributed by atoms with van der Waals surface area (Å²) in [5.74, 6) is 0.559. The van der Waals surface area contributed by atoms with Crippen molar-refractivity contribution in [3.8, 4) is 5.75 Å². The molecule has 1 aliphatic heterocycles. The van der Waals surface area contributed by atoms with Crippen LogP contribution in [0.25, 0.3) is 0 Å². The lowest BCUT2D eigenvalue weighted by molar-refractivity contribution is 0.163. The molecular weight excluding hydrogens is 204 g/mol. The van der Waals surface area contributed by atoms with Crippen molar-refractivity contribution < 1.29 is 9.53 Å². The normalized spacial score (nSPS) is 15.2. The molecule has 86 valence electrons. The first-order valence-electron chi connectivity index (χ1n) is 5.50. The summed E-state index contributed by atoms with van der Waals surface area (Å²) in [5, 5.41) is 0.